The molecule has 1 heterocycles. The summed E-state index contributed by atoms with van der Waals surface area (Å²) in [6.45, 7) is 4.66. The first-order valence-corrected chi connectivity index (χ1v) is 9.06. The molecule has 1 N–H and O–H groups in total. The summed E-state index contributed by atoms with van der Waals surface area (Å²) in [5.74, 6) is 0. The predicted octanol–water partition coefficient (Wildman–Crippen LogP) is 0.675. The zero-order valence-electron chi connectivity index (χ0n) is 13.1. The maximum absolute atomic E-state index is 12.3. The molecule has 0 radical (unpaired) electrons. The molecule has 1 aromatic carbocycles. The van der Waals surface area contributed by atoms with E-state index < -0.39 is 10.2 Å². The quantitative estimate of drug-likeness (QED) is 0.713. The van der Waals surface area contributed by atoms with Crippen LogP contribution in [0.25, 0.3) is 0 Å². The van der Waals surface area contributed by atoms with E-state index in [1.54, 1.807) is 7.11 Å². The number of hydrogen-bond donors (Lipinski definition) is 1. The van der Waals surface area contributed by atoms with Gasteiger partial charge in [0, 0.05) is 53.0 Å². The first kappa shape index (κ1) is 17.4. The van der Waals surface area contributed by atoms with E-state index in [9.17, 15) is 8.42 Å². The second kappa shape index (κ2) is 8.59. The van der Waals surface area contributed by atoms with Crippen molar-refractivity contribution in [3.05, 3.63) is 35.9 Å². The molecule has 0 aromatic heterocycles. The van der Waals surface area contributed by atoms with Crippen LogP contribution in [0, 0.1) is 0 Å². The standard InChI is InChI=1S/C15H25N3O3S/c1-21-13-5-8-17-9-11-18(12-10-17)22(19,20)16-14-15-6-3-2-4-7-15/h2-4,6-7,16H,5,8-14H2,1H3. The van der Waals surface area contributed by atoms with Crippen molar-refractivity contribution in [1.29, 1.82) is 0 Å². The molecule has 0 unspecified atom stereocenters. The highest BCUT2D eigenvalue weighted by atomic mass is 32.2. The van der Waals surface area contributed by atoms with Crippen LogP contribution in [0.2, 0.25) is 0 Å². The van der Waals surface area contributed by atoms with Crippen LogP contribution in [0.1, 0.15) is 12.0 Å². The Kier molecular flexibility index (Phi) is 6.78. The third kappa shape index (κ3) is 5.33. The number of hydrogen-bond acceptors (Lipinski definition) is 4. The molecule has 1 aromatic rings. The molecule has 6 nitrogen and oxygen atoms in total. The molecule has 1 aliphatic heterocycles. The zero-order chi connectivity index (χ0) is 15.8. The minimum atomic E-state index is -3.40. The Morgan fingerprint density at radius 1 is 1.14 bits per heavy atom. The van der Waals surface area contributed by atoms with E-state index >= 15 is 0 Å². The van der Waals surface area contributed by atoms with E-state index in [0.717, 1.165) is 38.2 Å². The normalized spacial score (nSPS) is 17.7. The highest BCUT2D eigenvalue weighted by Gasteiger charge is 2.26. The van der Waals surface area contributed by atoms with Gasteiger partial charge in [0.05, 0.1) is 0 Å². The lowest BCUT2D eigenvalue weighted by molar-refractivity contribution is 0.149. The van der Waals surface area contributed by atoms with Gasteiger partial charge in [0.25, 0.3) is 10.2 Å². The number of rotatable bonds is 8. The van der Waals surface area contributed by atoms with E-state index in [0.29, 0.717) is 19.6 Å². The Bertz CT molecular complexity index is 528. The van der Waals surface area contributed by atoms with Gasteiger partial charge in [0.2, 0.25) is 0 Å². The molecule has 7 heteroatoms. The minimum Gasteiger partial charge on any atom is -0.385 e. The monoisotopic (exact) mass is 327 g/mol. The van der Waals surface area contributed by atoms with Crippen molar-refractivity contribution in [2.24, 2.45) is 0 Å². The van der Waals surface area contributed by atoms with Gasteiger partial charge in [-0.25, -0.2) is 0 Å². The van der Waals surface area contributed by atoms with Crippen LogP contribution in [-0.2, 0) is 21.5 Å². The second-order valence-corrected chi connectivity index (χ2v) is 7.15. The van der Waals surface area contributed by atoms with Gasteiger partial charge >= 0.3 is 0 Å². The van der Waals surface area contributed by atoms with Crippen LogP contribution in [0.4, 0.5) is 0 Å². The summed E-state index contributed by atoms with van der Waals surface area (Å²) in [4.78, 5) is 2.28. The van der Waals surface area contributed by atoms with Gasteiger partial charge in [-0.1, -0.05) is 30.3 Å². The Labute approximate surface area is 133 Å². The Morgan fingerprint density at radius 2 is 1.82 bits per heavy atom. The summed E-state index contributed by atoms with van der Waals surface area (Å²) < 4.78 is 33.8. The summed E-state index contributed by atoms with van der Waals surface area (Å²) in [6, 6.07) is 9.55. The molecule has 1 saturated heterocycles. The fourth-order valence-corrected chi connectivity index (χ4v) is 3.66. The van der Waals surface area contributed by atoms with E-state index in [2.05, 4.69) is 9.62 Å². The van der Waals surface area contributed by atoms with Crippen LogP contribution >= 0.6 is 0 Å². The number of ether oxygens (including phenoxy) is 1. The third-order valence-corrected chi connectivity index (χ3v) is 5.35. The Balaban J connectivity index is 1.77. The van der Waals surface area contributed by atoms with Gasteiger partial charge in [-0.15, -0.1) is 0 Å². The Morgan fingerprint density at radius 3 is 2.45 bits per heavy atom. The summed E-state index contributed by atoms with van der Waals surface area (Å²) in [5, 5.41) is 0. The van der Waals surface area contributed by atoms with Crippen molar-refractivity contribution < 1.29 is 13.2 Å². The molecule has 0 aliphatic carbocycles. The fourth-order valence-electron chi connectivity index (χ4n) is 2.49. The van der Waals surface area contributed by atoms with Crippen molar-refractivity contribution in [2.45, 2.75) is 13.0 Å². The molecule has 0 saturated carbocycles. The molecule has 1 fully saturated rings. The van der Waals surface area contributed by atoms with Crippen LogP contribution in [0.5, 0.6) is 0 Å². The fraction of sp³-hybridized carbons (Fsp3) is 0.600. The molecule has 0 amide bonds. The molecular formula is C15H25N3O3S. The predicted molar refractivity (Wildman–Crippen MR) is 86.7 cm³/mol. The lowest BCUT2D eigenvalue weighted by atomic mass is 10.2. The number of methoxy groups -OCH3 is 1. The number of piperazine rings is 1. The first-order valence-electron chi connectivity index (χ1n) is 7.62. The van der Waals surface area contributed by atoms with Crippen molar-refractivity contribution in [3.8, 4) is 0 Å². The van der Waals surface area contributed by atoms with E-state index in [1.165, 1.54) is 4.31 Å². The summed E-state index contributed by atoms with van der Waals surface area (Å²) in [6.07, 6.45) is 0.982. The maximum atomic E-state index is 12.3. The lowest BCUT2D eigenvalue weighted by Gasteiger charge is -2.33. The average molecular weight is 327 g/mol. The zero-order valence-corrected chi connectivity index (χ0v) is 13.9. The third-order valence-electron chi connectivity index (χ3n) is 3.80. The van der Waals surface area contributed by atoms with Crippen LogP contribution in [0.3, 0.4) is 0 Å². The number of nitrogens with one attached hydrogen (secondary N) is 1. The topological polar surface area (TPSA) is 61.9 Å². The van der Waals surface area contributed by atoms with Gasteiger partial charge in [-0.2, -0.15) is 17.4 Å². The van der Waals surface area contributed by atoms with E-state index in [4.69, 9.17) is 4.74 Å². The molecule has 2 rings (SSSR count). The van der Waals surface area contributed by atoms with E-state index in [1.807, 2.05) is 30.3 Å². The summed E-state index contributed by atoms with van der Waals surface area (Å²) >= 11 is 0. The SMILES string of the molecule is COCCCN1CCN(S(=O)(=O)NCc2ccccc2)CC1. The highest BCUT2D eigenvalue weighted by molar-refractivity contribution is 7.87. The summed E-state index contributed by atoms with van der Waals surface area (Å²) in [5.41, 5.74) is 0.962. The smallest absolute Gasteiger partial charge is 0.279 e. The molecule has 22 heavy (non-hydrogen) atoms. The molecule has 124 valence electrons. The maximum Gasteiger partial charge on any atom is 0.279 e. The van der Waals surface area contributed by atoms with Crippen LogP contribution in [0.15, 0.2) is 30.3 Å². The Hall–Kier alpha value is -0.990. The first-order chi connectivity index (χ1) is 10.6. The molecule has 0 spiro atoms. The van der Waals surface area contributed by atoms with E-state index in [-0.39, 0.29) is 0 Å². The molecular weight excluding hydrogens is 302 g/mol. The summed E-state index contributed by atoms with van der Waals surface area (Å²) in [7, 11) is -1.70. The van der Waals surface area contributed by atoms with Crippen molar-refractivity contribution in [1.82, 2.24) is 13.9 Å². The van der Waals surface area contributed by atoms with Gasteiger partial charge < -0.3 is 9.64 Å². The lowest BCUT2D eigenvalue weighted by Crippen LogP contribution is -2.52. The van der Waals surface area contributed by atoms with Gasteiger partial charge in [-0.3, -0.25) is 0 Å². The van der Waals surface area contributed by atoms with Gasteiger partial charge in [0.15, 0.2) is 0 Å². The van der Waals surface area contributed by atoms with Crippen molar-refractivity contribution >= 4 is 10.2 Å². The van der Waals surface area contributed by atoms with Crippen molar-refractivity contribution in [2.75, 3.05) is 46.4 Å². The largest absolute Gasteiger partial charge is 0.385 e. The van der Waals surface area contributed by atoms with Crippen LogP contribution in [-0.4, -0.2) is 64.1 Å². The van der Waals surface area contributed by atoms with Crippen LogP contribution < -0.4 is 4.72 Å². The molecule has 0 atom stereocenters. The average Bonchev–Trinajstić information content (AvgIpc) is 2.55. The molecule has 0 bridgehead atoms. The second-order valence-electron chi connectivity index (χ2n) is 5.40. The molecule has 1 aliphatic rings. The minimum absolute atomic E-state index is 0.331. The van der Waals surface area contributed by atoms with Gasteiger partial charge in [-0.05, 0) is 12.0 Å². The number of benzene rings is 1. The van der Waals surface area contributed by atoms with Crippen molar-refractivity contribution in [3.63, 3.8) is 0 Å². The van der Waals surface area contributed by atoms with Gasteiger partial charge in [0.1, 0.15) is 0 Å². The number of nitrogens with zero attached hydrogens (tertiary/aromatic N) is 2. The highest BCUT2D eigenvalue weighted by Crippen LogP contribution is 2.08.